The third-order valence-corrected chi connectivity index (χ3v) is 2.39. The fourth-order valence-electron chi connectivity index (χ4n) is 0.969. The number of aromatic carboxylic acids is 1. The molecule has 0 spiro atoms. The third kappa shape index (κ3) is 3.74. The van der Waals surface area contributed by atoms with Crippen molar-refractivity contribution in [2.45, 2.75) is 11.7 Å². The molecule has 9 heteroatoms. The van der Waals surface area contributed by atoms with Crippen molar-refractivity contribution in [2.24, 2.45) is 0 Å². The van der Waals surface area contributed by atoms with Crippen LogP contribution in [0.25, 0.3) is 0 Å². The van der Waals surface area contributed by atoms with E-state index >= 15 is 0 Å². The van der Waals surface area contributed by atoms with Gasteiger partial charge in [0.05, 0.1) is 10.7 Å². The van der Waals surface area contributed by atoms with E-state index in [1.54, 1.807) is 0 Å². The average molecular weight is 334 g/mol. The van der Waals surface area contributed by atoms with Crippen molar-refractivity contribution in [1.82, 2.24) is 4.98 Å². The number of carbonyl (C=O) groups is 1. The minimum absolute atomic E-state index is 0.101. The van der Waals surface area contributed by atoms with E-state index in [4.69, 9.17) is 16.7 Å². The normalized spacial score (nSPS) is 11.4. The molecule has 0 fully saturated rings. The number of halogens is 5. The molecule has 1 rings (SSSR count). The summed E-state index contributed by atoms with van der Waals surface area (Å²) in [7, 11) is 0. The highest BCUT2D eigenvalue weighted by Crippen LogP contribution is 2.30. The number of nitrogens with zero attached hydrogens (tertiary/aromatic N) is 1. The number of rotatable bonds is 3. The maximum absolute atomic E-state index is 12.0. The van der Waals surface area contributed by atoms with Crippen LogP contribution in [0.4, 0.5) is 13.2 Å². The predicted octanol–water partition coefficient (Wildman–Crippen LogP) is 3.23. The van der Waals surface area contributed by atoms with E-state index in [9.17, 15) is 18.0 Å². The lowest BCUT2D eigenvalue weighted by atomic mass is 10.3. The quantitative estimate of drug-likeness (QED) is 0.862. The minimum atomic E-state index is -4.90. The molecule has 0 atom stereocenters. The summed E-state index contributed by atoms with van der Waals surface area (Å²) < 4.78 is 39.7. The van der Waals surface area contributed by atoms with Crippen molar-refractivity contribution >= 4 is 33.5 Å². The zero-order chi connectivity index (χ0) is 13.2. The summed E-state index contributed by atoms with van der Waals surface area (Å²) in [6.45, 7) is 0. The van der Waals surface area contributed by atoms with Crippen LogP contribution in [0, 0.1) is 0 Å². The zero-order valence-corrected chi connectivity index (χ0v) is 10.2. The summed E-state index contributed by atoms with van der Waals surface area (Å²) in [6.07, 6.45) is -4.90. The Kier molecular flexibility index (Phi) is 4.21. The van der Waals surface area contributed by atoms with Gasteiger partial charge in [-0.05, 0) is 0 Å². The summed E-state index contributed by atoms with van der Waals surface area (Å²) >= 11 is 8.35. The van der Waals surface area contributed by atoms with Crippen molar-refractivity contribution in [3.8, 4) is 5.75 Å². The van der Waals surface area contributed by atoms with Crippen LogP contribution in [0.15, 0.2) is 6.07 Å². The number of hydrogen-bond donors (Lipinski definition) is 1. The lowest BCUT2D eigenvalue weighted by Crippen LogP contribution is -2.19. The van der Waals surface area contributed by atoms with Crippen LogP contribution in [0.2, 0.25) is 5.02 Å². The van der Waals surface area contributed by atoms with Gasteiger partial charge in [0.25, 0.3) is 0 Å². The van der Waals surface area contributed by atoms with Crippen LogP contribution in [0.5, 0.6) is 5.75 Å². The van der Waals surface area contributed by atoms with Gasteiger partial charge in [-0.15, -0.1) is 13.2 Å². The first-order chi connectivity index (χ1) is 7.74. The molecule has 1 N–H and O–H groups in total. The van der Waals surface area contributed by atoms with Gasteiger partial charge < -0.3 is 9.84 Å². The van der Waals surface area contributed by atoms with Gasteiger partial charge in [-0.25, -0.2) is 9.78 Å². The maximum atomic E-state index is 12.0. The van der Waals surface area contributed by atoms with Gasteiger partial charge in [0.1, 0.15) is 0 Å². The molecular weight excluding hydrogens is 330 g/mol. The number of pyridine rings is 1. The Morgan fingerprint density at radius 1 is 1.59 bits per heavy atom. The number of hydrogen-bond acceptors (Lipinski definition) is 3. The molecule has 0 unspecified atom stereocenters. The summed E-state index contributed by atoms with van der Waals surface area (Å²) in [6, 6.07) is 0.766. The van der Waals surface area contributed by atoms with Crippen LogP contribution >= 0.6 is 27.5 Å². The van der Waals surface area contributed by atoms with Gasteiger partial charge in [-0.1, -0.05) is 27.5 Å². The predicted molar refractivity (Wildman–Crippen MR) is 55.5 cm³/mol. The molecular formula is C8H4BrClF3NO3. The molecule has 0 aliphatic heterocycles. The Bertz CT molecular complexity index is 452. The van der Waals surface area contributed by atoms with E-state index in [1.165, 1.54) is 0 Å². The van der Waals surface area contributed by atoms with E-state index in [1.807, 2.05) is 0 Å². The minimum Gasteiger partial charge on any atom is -0.476 e. The van der Waals surface area contributed by atoms with E-state index in [-0.39, 0.29) is 11.0 Å². The SMILES string of the molecule is O=C(O)c1nc(CBr)c(OC(F)(F)F)cc1Cl. The molecule has 0 saturated heterocycles. The Balaban J connectivity index is 3.24. The zero-order valence-electron chi connectivity index (χ0n) is 7.89. The number of ether oxygens (including phenoxy) is 1. The number of carboxylic acids is 1. The van der Waals surface area contributed by atoms with Crippen molar-refractivity contribution < 1.29 is 27.8 Å². The smallest absolute Gasteiger partial charge is 0.476 e. The van der Waals surface area contributed by atoms with Crippen molar-refractivity contribution in [3.05, 3.63) is 22.5 Å². The number of carboxylic acid groups (broad SMARTS) is 1. The lowest BCUT2D eigenvalue weighted by Gasteiger charge is -2.12. The van der Waals surface area contributed by atoms with Crippen LogP contribution in [0.3, 0.4) is 0 Å². The molecule has 17 heavy (non-hydrogen) atoms. The van der Waals surface area contributed by atoms with Crippen molar-refractivity contribution in [2.75, 3.05) is 0 Å². The van der Waals surface area contributed by atoms with Crippen molar-refractivity contribution in [3.63, 3.8) is 0 Å². The lowest BCUT2D eigenvalue weighted by molar-refractivity contribution is -0.275. The molecule has 1 aromatic heterocycles. The van der Waals surface area contributed by atoms with Gasteiger partial charge in [-0.2, -0.15) is 0 Å². The third-order valence-electron chi connectivity index (χ3n) is 1.57. The van der Waals surface area contributed by atoms with Crippen LogP contribution in [-0.2, 0) is 5.33 Å². The van der Waals surface area contributed by atoms with Gasteiger partial charge >= 0.3 is 12.3 Å². The largest absolute Gasteiger partial charge is 0.573 e. The van der Waals surface area contributed by atoms with E-state index < -0.39 is 28.8 Å². The highest BCUT2D eigenvalue weighted by molar-refractivity contribution is 9.08. The van der Waals surface area contributed by atoms with Gasteiger partial charge in [0.15, 0.2) is 11.4 Å². The maximum Gasteiger partial charge on any atom is 0.573 e. The number of aromatic nitrogens is 1. The van der Waals surface area contributed by atoms with E-state index in [0.29, 0.717) is 0 Å². The molecule has 94 valence electrons. The van der Waals surface area contributed by atoms with Crippen LogP contribution < -0.4 is 4.74 Å². The van der Waals surface area contributed by atoms with E-state index in [0.717, 1.165) is 6.07 Å². The molecule has 0 saturated carbocycles. The summed E-state index contributed by atoms with van der Waals surface area (Å²) in [5.41, 5.74) is -0.736. The molecule has 4 nitrogen and oxygen atoms in total. The topological polar surface area (TPSA) is 59.4 Å². The highest BCUT2D eigenvalue weighted by atomic mass is 79.9. The molecule has 0 aliphatic carbocycles. The van der Waals surface area contributed by atoms with Crippen molar-refractivity contribution in [1.29, 1.82) is 0 Å². The molecule has 0 radical (unpaired) electrons. The fraction of sp³-hybridized carbons (Fsp3) is 0.250. The standard InChI is InChI=1S/C8H4BrClF3NO3/c9-2-4-5(17-8(11,12)13)1-3(10)6(14-4)7(15)16/h1H,2H2,(H,15,16). The summed E-state index contributed by atoms with van der Waals surface area (Å²) in [5.74, 6) is -2.07. The molecule has 0 amide bonds. The first-order valence-corrected chi connectivity index (χ1v) is 5.49. The second-order valence-corrected chi connectivity index (χ2v) is 3.72. The van der Waals surface area contributed by atoms with Gasteiger partial charge in [0.2, 0.25) is 0 Å². The molecule has 1 aromatic rings. The molecule has 1 heterocycles. The number of alkyl halides is 4. The fourth-order valence-corrected chi connectivity index (χ4v) is 1.59. The Morgan fingerprint density at radius 2 is 2.18 bits per heavy atom. The molecule has 0 aliphatic rings. The van der Waals surface area contributed by atoms with Crippen LogP contribution in [0.1, 0.15) is 16.2 Å². The second-order valence-electron chi connectivity index (χ2n) is 2.75. The van der Waals surface area contributed by atoms with Gasteiger partial charge in [-0.3, -0.25) is 0 Å². The second kappa shape index (κ2) is 5.09. The monoisotopic (exact) mass is 333 g/mol. The highest BCUT2D eigenvalue weighted by Gasteiger charge is 2.33. The first-order valence-electron chi connectivity index (χ1n) is 3.99. The molecule has 0 bridgehead atoms. The summed E-state index contributed by atoms with van der Waals surface area (Å²) in [5, 5.41) is 8.15. The first kappa shape index (κ1) is 14.0. The van der Waals surface area contributed by atoms with Crippen LogP contribution in [-0.4, -0.2) is 22.4 Å². The Labute approximate surface area is 106 Å². The van der Waals surface area contributed by atoms with E-state index in [2.05, 4.69) is 25.7 Å². The molecule has 0 aromatic carbocycles. The summed E-state index contributed by atoms with van der Waals surface area (Å²) in [4.78, 5) is 14.1. The van der Waals surface area contributed by atoms with Gasteiger partial charge in [0, 0.05) is 11.4 Å². The average Bonchev–Trinajstić information content (AvgIpc) is 2.14. The Morgan fingerprint density at radius 3 is 2.59 bits per heavy atom. The Hall–Kier alpha value is -1.02.